The Morgan fingerprint density at radius 2 is 2.00 bits per heavy atom. The minimum Gasteiger partial charge on any atom is -0.497 e. The smallest absolute Gasteiger partial charge is 0.414 e. The van der Waals surface area contributed by atoms with Gasteiger partial charge in [0.15, 0.2) is 0 Å². The van der Waals surface area contributed by atoms with Gasteiger partial charge in [0, 0.05) is 24.2 Å². The second-order valence-corrected chi connectivity index (χ2v) is 5.55. The summed E-state index contributed by atoms with van der Waals surface area (Å²) in [6, 6.07) is 9.02. The van der Waals surface area contributed by atoms with Crippen LogP contribution in [-0.2, 0) is 11.3 Å². The number of ether oxygens (including phenoxy) is 2. The van der Waals surface area contributed by atoms with E-state index in [4.69, 9.17) is 9.47 Å². The highest BCUT2D eigenvalue weighted by Gasteiger charge is 2.28. The standard InChI is InChI=1S/C17H15N3O6/c1-19-14-8-15(20(23)24)13(7-11(14)9-26-17(19)22)18-16(21)10-3-5-12(25-2)6-4-10/h3-8H,9H2,1-2H3,(H,18,21). The number of anilines is 2. The van der Waals surface area contributed by atoms with Crippen LogP contribution < -0.4 is 15.0 Å². The Morgan fingerprint density at radius 3 is 2.62 bits per heavy atom. The molecule has 1 aliphatic heterocycles. The molecule has 134 valence electrons. The second kappa shape index (κ2) is 6.71. The normalized spacial score (nSPS) is 12.8. The van der Waals surface area contributed by atoms with E-state index in [2.05, 4.69) is 5.32 Å². The molecule has 0 saturated carbocycles. The van der Waals surface area contributed by atoms with Gasteiger partial charge in [-0.25, -0.2) is 4.79 Å². The lowest BCUT2D eigenvalue weighted by Gasteiger charge is -2.25. The zero-order valence-corrected chi connectivity index (χ0v) is 14.0. The third-order valence-corrected chi connectivity index (χ3v) is 3.98. The molecule has 9 heteroatoms. The van der Waals surface area contributed by atoms with Crippen molar-refractivity contribution in [1.29, 1.82) is 0 Å². The lowest BCUT2D eigenvalue weighted by atomic mass is 10.1. The lowest BCUT2D eigenvalue weighted by molar-refractivity contribution is -0.383. The van der Waals surface area contributed by atoms with Gasteiger partial charge in [0.25, 0.3) is 11.6 Å². The van der Waals surface area contributed by atoms with Crippen LogP contribution in [0.15, 0.2) is 36.4 Å². The summed E-state index contributed by atoms with van der Waals surface area (Å²) in [5, 5.41) is 13.9. The second-order valence-electron chi connectivity index (χ2n) is 5.55. The van der Waals surface area contributed by atoms with Gasteiger partial charge in [-0.1, -0.05) is 0 Å². The maximum atomic E-state index is 12.4. The van der Waals surface area contributed by atoms with Crippen molar-refractivity contribution in [1.82, 2.24) is 0 Å². The van der Waals surface area contributed by atoms with E-state index in [0.717, 1.165) is 0 Å². The number of nitrogens with zero attached hydrogens (tertiary/aromatic N) is 2. The van der Waals surface area contributed by atoms with Crippen molar-refractivity contribution in [3.8, 4) is 5.75 Å². The summed E-state index contributed by atoms with van der Waals surface area (Å²) in [5.74, 6) is 0.0861. The number of amides is 2. The Hall–Kier alpha value is -3.62. The van der Waals surface area contributed by atoms with Crippen LogP contribution in [0.5, 0.6) is 5.75 Å². The monoisotopic (exact) mass is 357 g/mol. The predicted molar refractivity (Wildman–Crippen MR) is 92.6 cm³/mol. The molecule has 9 nitrogen and oxygen atoms in total. The molecule has 0 atom stereocenters. The lowest BCUT2D eigenvalue weighted by Crippen LogP contribution is -2.32. The van der Waals surface area contributed by atoms with Crippen molar-refractivity contribution in [3.63, 3.8) is 0 Å². The minimum atomic E-state index is -0.613. The fourth-order valence-electron chi connectivity index (χ4n) is 2.57. The summed E-state index contributed by atoms with van der Waals surface area (Å²) in [4.78, 5) is 36.0. The molecule has 0 unspecified atom stereocenters. The molecule has 1 N–H and O–H groups in total. The number of nitro benzene ring substituents is 1. The first-order chi connectivity index (χ1) is 12.4. The fourth-order valence-corrected chi connectivity index (χ4v) is 2.57. The molecule has 0 aromatic heterocycles. The first-order valence-corrected chi connectivity index (χ1v) is 7.58. The minimum absolute atomic E-state index is 0.0259. The molecule has 26 heavy (non-hydrogen) atoms. The van der Waals surface area contributed by atoms with Crippen LogP contribution in [0, 0.1) is 10.1 Å². The molecule has 1 heterocycles. The van der Waals surface area contributed by atoms with E-state index in [1.807, 2.05) is 0 Å². The van der Waals surface area contributed by atoms with E-state index in [1.165, 1.54) is 31.2 Å². The zero-order chi connectivity index (χ0) is 18.8. The quantitative estimate of drug-likeness (QED) is 0.665. The molecule has 1 aliphatic rings. The number of carbonyl (C=O) groups is 2. The van der Waals surface area contributed by atoms with E-state index in [9.17, 15) is 19.7 Å². The van der Waals surface area contributed by atoms with Gasteiger partial charge in [0.05, 0.1) is 17.7 Å². The maximum absolute atomic E-state index is 12.4. The van der Waals surface area contributed by atoms with E-state index < -0.39 is 16.9 Å². The van der Waals surface area contributed by atoms with Gasteiger partial charge in [0.1, 0.15) is 18.0 Å². The molecule has 0 aliphatic carbocycles. The van der Waals surface area contributed by atoms with Gasteiger partial charge >= 0.3 is 6.09 Å². The van der Waals surface area contributed by atoms with Crippen LogP contribution >= 0.6 is 0 Å². The van der Waals surface area contributed by atoms with Crippen molar-refractivity contribution in [3.05, 3.63) is 57.6 Å². The van der Waals surface area contributed by atoms with E-state index in [1.54, 1.807) is 24.3 Å². The first kappa shape index (κ1) is 17.2. The van der Waals surface area contributed by atoms with Gasteiger partial charge in [-0.15, -0.1) is 0 Å². The molecule has 0 fully saturated rings. The van der Waals surface area contributed by atoms with Gasteiger partial charge in [-0.2, -0.15) is 0 Å². The highest BCUT2D eigenvalue weighted by atomic mass is 16.6. The number of rotatable bonds is 4. The number of hydrogen-bond acceptors (Lipinski definition) is 6. The fraction of sp³-hybridized carbons (Fsp3) is 0.176. The van der Waals surface area contributed by atoms with Gasteiger partial charge in [-0.05, 0) is 30.3 Å². The number of fused-ring (bicyclic) bond motifs is 1. The number of methoxy groups -OCH3 is 1. The number of cyclic esters (lactones) is 1. The SMILES string of the molecule is COc1ccc(C(=O)Nc2cc3c(cc2[N+](=O)[O-])N(C)C(=O)OC3)cc1. The number of carbonyl (C=O) groups excluding carboxylic acids is 2. The highest BCUT2D eigenvalue weighted by Crippen LogP contribution is 2.36. The molecule has 0 bridgehead atoms. The van der Waals surface area contributed by atoms with E-state index >= 15 is 0 Å². The summed E-state index contributed by atoms with van der Waals surface area (Å²) in [5.41, 5.74) is 0.965. The molecule has 2 aromatic rings. The summed E-state index contributed by atoms with van der Waals surface area (Å²) in [6.45, 7) is -0.0259. The summed E-state index contributed by atoms with van der Waals surface area (Å²) < 4.78 is 10.0. The van der Waals surface area contributed by atoms with Gasteiger partial charge < -0.3 is 14.8 Å². The molecular formula is C17H15N3O6. The van der Waals surface area contributed by atoms with Crippen LogP contribution in [-0.4, -0.2) is 31.1 Å². The Kier molecular flexibility index (Phi) is 4.44. The Balaban J connectivity index is 1.94. The zero-order valence-electron chi connectivity index (χ0n) is 14.0. The Bertz CT molecular complexity index is 894. The molecule has 2 aromatic carbocycles. The molecule has 0 spiro atoms. The molecule has 2 amide bonds. The number of nitro groups is 1. The topological polar surface area (TPSA) is 111 Å². The highest BCUT2D eigenvalue weighted by molar-refractivity contribution is 6.06. The number of benzene rings is 2. The summed E-state index contributed by atoms with van der Waals surface area (Å²) in [7, 11) is 2.97. The van der Waals surface area contributed by atoms with Crippen LogP contribution in [0.1, 0.15) is 15.9 Å². The van der Waals surface area contributed by atoms with Crippen molar-refractivity contribution in [2.75, 3.05) is 24.4 Å². The first-order valence-electron chi connectivity index (χ1n) is 7.58. The number of hydrogen-bond donors (Lipinski definition) is 1. The van der Waals surface area contributed by atoms with E-state index in [0.29, 0.717) is 22.6 Å². The molecular weight excluding hydrogens is 342 g/mol. The van der Waals surface area contributed by atoms with Gasteiger partial charge in [-0.3, -0.25) is 19.8 Å². The average molecular weight is 357 g/mol. The van der Waals surface area contributed by atoms with E-state index in [-0.39, 0.29) is 18.0 Å². The van der Waals surface area contributed by atoms with Crippen molar-refractivity contribution in [2.45, 2.75) is 6.61 Å². The Morgan fingerprint density at radius 1 is 1.31 bits per heavy atom. The summed E-state index contributed by atoms with van der Waals surface area (Å²) >= 11 is 0. The van der Waals surface area contributed by atoms with Crippen molar-refractivity contribution >= 4 is 29.1 Å². The maximum Gasteiger partial charge on any atom is 0.414 e. The third-order valence-electron chi connectivity index (χ3n) is 3.98. The molecule has 0 radical (unpaired) electrons. The summed E-state index contributed by atoms with van der Waals surface area (Å²) in [6.07, 6.45) is -0.596. The largest absolute Gasteiger partial charge is 0.497 e. The van der Waals surface area contributed by atoms with Crippen molar-refractivity contribution < 1.29 is 24.0 Å². The average Bonchev–Trinajstić information content (AvgIpc) is 2.64. The predicted octanol–water partition coefficient (Wildman–Crippen LogP) is 2.94. The van der Waals surface area contributed by atoms with Gasteiger partial charge in [0.2, 0.25) is 0 Å². The van der Waals surface area contributed by atoms with Crippen molar-refractivity contribution in [2.24, 2.45) is 0 Å². The Labute approximate surface area is 148 Å². The van der Waals surface area contributed by atoms with Crippen LogP contribution in [0.4, 0.5) is 21.9 Å². The number of nitrogens with one attached hydrogen (secondary N) is 1. The van der Waals surface area contributed by atoms with Crippen LogP contribution in [0.2, 0.25) is 0 Å². The van der Waals surface area contributed by atoms with Crippen LogP contribution in [0.3, 0.4) is 0 Å². The molecule has 0 saturated heterocycles. The third kappa shape index (κ3) is 3.14. The van der Waals surface area contributed by atoms with Crippen LogP contribution in [0.25, 0.3) is 0 Å². The molecule has 3 rings (SSSR count).